The van der Waals surface area contributed by atoms with Gasteiger partial charge in [-0.05, 0) is 12.1 Å². The molecule has 0 saturated carbocycles. The molecule has 1 amide bonds. The van der Waals surface area contributed by atoms with Gasteiger partial charge in [-0.25, -0.2) is 10.1 Å². The second-order valence-electron chi connectivity index (χ2n) is 3.65. The van der Waals surface area contributed by atoms with Crippen LogP contribution in [-0.2, 0) is 14.4 Å². The normalized spacial score (nSPS) is 18.5. The van der Waals surface area contributed by atoms with Crippen LogP contribution in [0.5, 0.6) is 0 Å². The molecule has 0 fully saturated rings. The number of ether oxygens (including phenoxy) is 1. The number of aliphatic imine (C=N–C) groups is 1. The minimum absolute atomic E-state index is 0.210. The van der Waals surface area contributed by atoms with E-state index in [1.54, 1.807) is 7.05 Å². The Balaban J connectivity index is 2.12. The van der Waals surface area contributed by atoms with Crippen molar-refractivity contribution in [2.24, 2.45) is 4.99 Å². The zero-order valence-corrected chi connectivity index (χ0v) is 9.79. The number of nitrogens with zero attached hydrogens (tertiary/aromatic N) is 2. The first kappa shape index (κ1) is 11.6. The molecule has 1 aromatic carbocycles. The molecule has 0 aromatic heterocycles. The minimum atomic E-state index is -0.518. The van der Waals surface area contributed by atoms with Gasteiger partial charge < -0.3 is 4.74 Å². The van der Waals surface area contributed by atoms with Crippen molar-refractivity contribution >= 4 is 11.8 Å². The standard InChI is InChI=1S/C12H14N2O3/c1-14(16-2)12(15)10-8-17-11(13-10)9-6-4-3-5-7-9/h3-7,10H,8H2,1-2H3/t10-/m0/s1. The topological polar surface area (TPSA) is 51.1 Å². The Labute approximate surface area is 99.6 Å². The first-order valence-electron chi connectivity index (χ1n) is 5.30. The number of carbonyl (C=O) groups excluding carboxylic acids is 1. The van der Waals surface area contributed by atoms with Crippen molar-refractivity contribution in [1.82, 2.24) is 5.06 Å². The molecule has 17 heavy (non-hydrogen) atoms. The van der Waals surface area contributed by atoms with E-state index in [-0.39, 0.29) is 12.5 Å². The summed E-state index contributed by atoms with van der Waals surface area (Å²) in [6.45, 7) is 0.261. The number of hydrogen-bond acceptors (Lipinski definition) is 4. The zero-order chi connectivity index (χ0) is 12.3. The molecule has 1 aromatic rings. The Kier molecular flexibility index (Phi) is 3.39. The molecule has 1 aliphatic heterocycles. The van der Waals surface area contributed by atoms with Crippen LogP contribution in [0, 0.1) is 0 Å². The Hall–Kier alpha value is -1.88. The van der Waals surface area contributed by atoms with Gasteiger partial charge in [-0.15, -0.1) is 0 Å². The van der Waals surface area contributed by atoms with E-state index in [1.807, 2.05) is 30.3 Å². The van der Waals surface area contributed by atoms with Crippen molar-refractivity contribution in [3.8, 4) is 0 Å². The van der Waals surface area contributed by atoms with Gasteiger partial charge in [0.15, 0.2) is 6.04 Å². The van der Waals surface area contributed by atoms with Crippen molar-refractivity contribution < 1.29 is 14.4 Å². The van der Waals surface area contributed by atoms with Crippen LogP contribution in [-0.4, -0.2) is 43.7 Å². The summed E-state index contributed by atoms with van der Waals surface area (Å²) in [6, 6.07) is 8.99. The number of amides is 1. The van der Waals surface area contributed by atoms with E-state index < -0.39 is 6.04 Å². The zero-order valence-electron chi connectivity index (χ0n) is 9.79. The summed E-state index contributed by atoms with van der Waals surface area (Å²) in [5, 5.41) is 1.16. The summed E-state index contributed by atoms with van der Waals surface area (Å²) < 4.78 is 5.41. The molecule has 5 heteroatoms. The lowest BCUT2D eigenvalue weighted by Gasteiger charge is -2.15. The summed E-state index contributed by atoms with van der Waals surface area (Å²) in [7, 11) is 2.99. The molecule has 0 saturated heterocycles. The van der Waals surface area contributed by atoms with E-state index in [0.717, 1.165) is 10.6 Å². The fourth-order valence-corrected chi connectivity index (χ4v) is 1.54. The summed E-state index contributed by atoms with van der Waals surface area (Å²) in [6.07, 6.45) is 0. The molecule has 2 rings (SSSR count). The number of benzene rings is 1. The van der Waals surface area contributed by atoms with E-state index in [2.05, 4.69) is 4.99 Å². The highest BCUT2D eigenvalue weighted by Gasteiger charge is 2.28. The van der Waals surface area contributed by atoms with Crippen LogP contribution in [0.25, 0.3) is 0 Å². The molecule has 0 unspecified atom stereocenters. The molecular formula is C12H14N2O3. The van der Waals surface area contributed by atoms with Crippen molar-refractivity contribution in [2.45, 2.75) is 6.04 Å². The van der Waals surface area contributed by atoms with E-state index in [1.165, 1.54) is 7.11 Å². The molecule has 1 aliphatic rings. The predicted molar refractivity (Wildman–Crippen MR) is 62.5 cm³/mol. The lowest BCUT2D eigenvalue weighted by Crippen LogP contribution is -2.35. The van der Waals surface area contributed by atoms with E-state index >= 15 is 0 Å². The number of carbonyl (C=O) groups is 1. The van der Waals surface area contributed by atoms with Crippen molar-refractivity contribution in [3.63, 3.8) is 0 Å². The van der Waals surface area contributed by atoms with Gasteiger partial charge >= 0.3 is 0 Å². The summed E-state index contributed by atoms with van der Waals surface area (Å²) >= 11 is 0. The fourth-order valence-electron chi connectivity index (χ4n) is 1.54. The van der Waals surface area contributed by atoms with Crippen LogP contribution in [0.15, 0.2) is 35.3 Å². The second kappa shape index (κ2) is 4.97. The molecular weight excluding hydrogens is 220 g/mol. The maximum absolute atomic E-state index is 11.8. The molecule has 90 valence electrons. The number of likely N-dealkylation sites (N-methyl/N-ethyl adjacent to an activating group) is 1. The van der Waals surface area contributed by atoms with Crippen molar-refractivity contribution in [1.29, 1.82) is 0 Å². The third-order valence-electron chi connectivity index (χ3n) is 2.54. The lowest BCUT2D eigenvalue weighted by molar-refractivity contribution is -0.170. The Morgan fingerprint density at radius 1 is 1.47 bits per heavy atom. The van der Waals surface area contributed by atoms with Gasteiger partial charge in [0.1, 0.15) is 6.61 Å². The largest absolute Gasteiger partial charge is 0.475 e. The average molecular weight is 234 g/mol. The van der Waals surface area contributed by atoms with Gasteiger partial charge in [-0.1, -0.05) is 18.2 Å². The van der Waals surface area contributed by atoms with E-state index in [4.69, 9.17) is 9.57 Å². The Bertz CT molecular complexity index is 431. The van der Waals surface area contributed by atoms with Gasteiger partial charge in [-0.2, -0.15) is 0 Å². The monoisotopic (exact) mass is 234 g/mol. The first-order valence-corrected chi connectivity index (χ1v) is 5.30. The van der Waals surface area contributed by atoms with Crippen LogP contribution in [0.4, 0.5) is 0 Å². The van der Waals surface area contributed by atoms with Crippen molar-refractivity contribution in [2.75, 3.05) is 20.8 Å². The van der Waals surface area contributed by atoms with Crippen LogP contribution >= 0.6 is 0 Å². The third-order valence-corrected chi connectivity index (χ3v) is 2.54. The van der Waals surface area contributed by atoms with Crippen LogP contribution in [0.3, 0.4) is 0 Å². The SMILES string of the molecule is CON(C)C(=O)[C@@H]1COC(c2ccccc2)=N1. The lowest BCUT2D eigenvalue weighted by atomic mass is 10.2. The van der Waals surface area contributed by atoms with Crippen LogP contribution in [0.1, 0.15) is 5.56 Å². The highest BCUT2D eigenvalue weighted by atomic mass is 16.7. The van der Waals surface area contributed by atoms with Crippen LogP contribution in [0.2, 0.25) is 0 Å². The van der Waals surface area contributed by atoms with Gasteiger partial charge in [0.05, 0.1) is 7.11 Å². The molecule has 5 nitrogen and oxygen atoms in total. The molecule has 0 N–H and O–H groups in total. The molecule has 1 heterocycles. The first-order chi connectivity index (χ1) is 8.22. The van der Waals surface area contributed by atoms with E-state index in [0.29, 0.717) is 5.90 Å². The Morgan fingerprint density at radius 3 is 2.82 bits per heavy atom. The van der Waals surface area contributed by atoms with Gasteiger partial charge in [0.25, 0.3) is 5.91 Å². The highest BCUT2D eigenvalue weighted by Crippen LogP contribution is 2.13. The summed E-state index contributed by atoms with van der Waals surface area (Å²) in [5.74, 6) is 0.298. The molecule has 0 spiro atoms. The van der Waals surface area contributed by atoms with Crippen molar-refractivity contribution in [3.05, 3.63) is 35.9 Å². The van der Waals surface area contributed by atoms with Gasteiger partial charge in [0, 0.05) is 12.6 Å². The Morgan fingerprint density at radius 2 is 2.18 bits per heavy atom. The second-order valence-corrected chi connectivity index (χ2v) is 3.65. The van der Waals surface area contributed by atoms with Gasteiger partial charge in [-0.3, -0.25) is 9.63 Å². The summed E-state index contributed by atoms with van der Waals surface area (Å²) in [5.41, 5.74) is 0.878. The quantitative estimate of drug-likeness (QED) is 0.729. The third kappa shape index (κ3) is 2.45. The fraction of sp³-hybridized carbons (Fsp3) is 0.333. The average Bonchev–Trinajstić information content (AvgIpc) is 2.87. The highest BCUT2D eigenvalue weighted by molar-refractivity contribution is 5.98. The molecule has 0 radical (unpaired) electrons. The molecule has 1 atom stereocenters. The van der Waals surface area contributed by atoms with Gasteiger partial charge in [0.2, 0.25) is 5.90 Å². The molecule has 0 aliphatic carbocycles. The molecule has 0 bridgehead atoms. The maximum atomic E-state index is 11.8. The summed E-state index contributed by atoms with van der Waals surface area (Å²) in [4.78, 5) is 20.8. The predicted octanol–water partition coefficient (Wildman–Crippen LogP) is 0.852. The van der Waals surface area contributed by atoms with Crippen LogP contribution < -0.4 is 0 Å². The minimum Gasteiger partial charge on any atom is -0.475 e. The van der Waals surface area contributed by atoms with E-state index in [9.17, 15) is 4.79 Å². The number of rotatable bonds is 3. The number of hydrogen-bond donors (Lipinski definition) is 0. The maximum Gasteiger partial charge on any atom is 0.274 e. The smallest absolute Gasteiger partial charge is 0.274 e. The number of hydroxylamine groups is 2.